The number of unbranched alkanes of at least 4 members (excludes halogenated alkanes) is 1. The lowest BCUT2D eigenvalue weighted by atomic mass is 9.98. The fraction of sp³-hybridized carbons (Fsp3) is 0.267. The van der Waals surface area contributed by atoms with E-state index in [-0.39, 0.29) is 0 Å². The van der Waals surface area contributed by atoms with Gasteiger partial charge in [0.05, 0.1) is 0 Å². The predicted molar refractivity (Wildman–Crippen MR) is 137 cm³/mol. The summed E-state index contributed by atoms with van der Waals surface area (Å²) in [6.45, 7) is 7.59. The lowest BCUT2D eigenvalue weighted by Gasteiger charge is -2.09. The molecule has 1 heteroatoms. The molecule has 160 valence electrons. The molecular formula is C30H33Cl. The van der Waals surface area contributed by atoms with Crippen molar-refractivity contribution < 1.29 is 0 Å². The van der Waals surface area contributed by atoms with Gasteiger partial charge in [0.2, 0.25) is 0 Å². The molecule has 0 aromatic heterocycles. The van der Waals surface area contributed by atoms with Crippen molar-refractivity contribution in [1.82, 2.24) is 0 Å². The molecule has 0 saturated carbocycles. The van der Waals surface area contributed by atoms with Gasteiger partial charge in [-0.2, -0.15) is 0 Å². The van der Waals surface area contributed by atoms with Gasteiger partial charge in [-0.15, -0.1) is 13.2 Å². The number of rotatable bonds is 12. The molecule has 0 N–H and O–H groups in total. The zero-order valence-corrected chi connectivity index (χ0v) is 19.2. The van der Waals surface area contributed by atoms with Crippen LogP contribution in [-0.2, 0) is 25.7 Å². The number of hydrogen-bond donors (Lipinski definition) is 0. The second-order valence-corrected chi connectivity index (χ2v) is 8.59. The Labute approximate surface area is 193 Å². The molecule has 3 rings (SSSR count). The van der Waals surface area contributed by atoms with E-state index in [2.05, 4.69) is 79.9 Å². The summed E-state index contributed by atoms with van der Waals surface area (Å²) in [6.07, 6.45) is 12.6. The average molecular weight is 429 g/mol. The summed E-state index contributed by atoms with van der Waals surface area (Å²) in [7, 11) is 0. The fourth-order valence-electron chi connectivity index (χ4n) is 3.85. The van der Waals surface area contributed by atoms with E-state index in [4.69, 9.17) is 11.6 Å². The molecule has 3 aromatic carbocycles. The first-order chi connectivity index (χ1) is 15.2. The molecule has 0 heterocycles. The van der Waals surface area contributed by atoms with Crippen LogP contribution in [0.2, 0.25) is 5.02 Å². The van der Waals surface area contributed by atoms with Gasteiger partial charge in [-0.3, -0.25) is 0 Å². The average Bonchev–Trinajstić information content (AvgIpc) is 2.81. The summed E-state index contributed by atoms with van der Waals surface area (Å²) >= 11 is 6.62. The van der Waals surface area contributed by atoms with Crippen LogP contribution in [0.3, 0.4) is 0 Å². The van der Waals surface area contributed by atoms with Crippen molar-refractivity contribution >= 4 is 11.6 Å². The first kappa shape index (κ1) is 23.1. The number of aryl methyl sites for hydroxylation is 4. The van der Waals surface area contributed by atoms with Gasteiger partial charge in [-0.05, 0) is 90.8 Å². The summed E-state index contributed by atoms with van der Waals surface area (Å²) in [5, 5.41) is 0.875. The quantitative estimate of drug-likeness (QED) is 0.199. The van der Waals surface area contributed by atoms with Gasteiger partial charge in [0.15, 0.2) is 0 Å². The molecule has 31 heavy (non-hydrogen) atoms. The molecule has 0 aliphatic carbocycles. The molecule has 0 unspecified atom stereocenters. The second kappa shape index (κ2) is 12.3. The molecule has 0 spiro atoms. The van der Waals surface area contributed by atoms with Crippen molar-refractivity contribution in [3.8, 4) is 11.1 Å². The summed E-state index contributed by atoms with van der Waals surface area (Å²) in [6, 6.07) is 24.3. The summed E-state index contributed by atoms with van der Waals surface area (Å²) < 4.78 is 0. The van der Waals surface area contributed by atoms with Crippen LogP contribution in [-0.4, -0.2) is 0 Å². The van der Waals surface area contributed by atoms with E-state index >= 15 is 0 Å². The molecule has 0 atom stereocenters. The second-order valence-electron chi connectivity index (χ2n) is 8.18. The van der Waals surface area contributed by atoms with Crippen LogP contribution in [0.1, 0.15) is 47.9 Å². The van der Waals surface area contributed by atoms with Gasteiger partial charge < -0.3 is 0 Å². The first-order valence-corrected chi connectivity index (χ1v) is 11.7. The smallest absolute Gasteiger partial charge is 0.0444 e. The standard InChI is InChI=1S/C30H33Cl/c1-3-5-9-24-13-15-26(16-14-24)11-7-8-12-28-21-22-29(23-30(28)31)27-19-17-25(18-20-27)10-6-4-2/h3-4,13-23H,1-2,5-12H2. The first-order valence-electron chi connectivity index (χ1n) is 11.4. The normalized spacial score (nSPS) is 10.7. The topological polar surface area (TPSA) is 0 Å². The highest BCUT2D eigenvalue weighted by atomic mass is 35.5. The van der Waals surface area contributed by atoms with Crippen molar-refractivity contribution in [2.24, 2.45) is 0 Å². The third-order valence-electron chi connectivity index (χ3n) is 5.80. The Balaban J connectivity index is 1.49. The van der Waals surface area contributed by atoms with Gasteiger partial charge in [-0.1, -0.05) is 84.4 Å². The molecule has 0 aliphatic heterocycles. The molecular weight excluding hydrogens is 396 g/mol. The summed E-state index contributed by atoms with van der Waals surface area (Å²) in [5.74, 6) is 0. The maximum Gasteiger partial charge on any atom is 0.0444 e. The maximum atomic E-state index is 6.62. The molecule has 3 aromatic rings. The van der Waals surface area contributed by atoms with Crippen LogP contribution < -0.4 is 0 Å². The van der Waals surface area contributed by atoms with Gasteiger partial charge in [-0.25, -0.2) is 0 Å². The third-order valence-corrected chi connectivity index (χ3v) is 6.15. The van der Waals surface area contributed by atoms with Gasteiger partial charge in [0.25, 0.3) is 0 Å². The molecule has 0 aliphatic rings. The van der Waals surface area contributed by atoms with Crippen LogP contribution in [0.15, 0.2) is 92.0 Å². The van der Waals surface area contributed by atoms with Gasteiger partial charge in [0, 0.05) is 5.02 Å². The van der Waals surface area contributed by atoms with Crippen LogP contribution in [0.4, 0.5) is 0 Å². The van der Waals surface area contributed by atoms with E-state index in [1.54, 1.807) is 0 Å². The largest absolute Gasteiger partial charge is 0.103 e. The lowest BCUT2D eigenvalue weighted by molar-refractivity contribution is 0.734. The third kappa shape index (κ3) is 7.26. The molecule has 0 saturated heterocycles. The molecule has 0 nitrogen and oxygen atoms in total. The van der Waals surface area contributed by atoms with E-state index < -0.39 is 0 Å². The van der Waals surface area contributed by atoms with Gasteiger partial charge >= 0.3 is 0 Å². The summed E-state index contributed by atoms with van der Waals surface area (Å²) in [4.78, 5) is 0. The van der Waals surface area contributed by atoms with Crippen molar-refractivity contribution in [3.05, 3.63) is 119 Å². The minimum atomic E-state index is 0.875. The van der Waals surface area contributed by atoms with E-state index in [9.17, 15) is 0 Å². The van der Waals surface area contributed by atoms with E-state index in [0.29, 0.717) is 0 Å². The number of halogens is 1. The Morgan fingerprint density at radius 3 is 1.61 bits per heavy atom. The van der Waals surface area contributed by atoms with E-state index in [1.807, 2.05) is 12.2 Å². The zero-order chi connectivity index (χ0) is 21.9. The van der Waals surface area contributed by atoms with Crippen molar-refractivity contribution in [2.45, 2.75) is 51.4 Å². The molecule has 0 amide bonds. The SMILES string of the molecule is C=CCCc1ccc(CCCCc2ccc(-c3ccc(CCC=C)cc3)cc2Cl)cc1. The maximum absolute atomic E-state index is 6.62. The van der Waals surface area contributed by atoms with Crippen molar-refractivity contribution in [1.29, 1.82) is 0 Å². The van der Waals surface area contributed by atoms with Crippen LogP contribution in [0.25, 0.3) is 11.1 Å². The molecule has 0 bridgehead atoms. The van der Waals surface area contributed by atoms with Crippen molar-refractivity contribution in [3.63, 3.8) is 0 Å². The van der Waals surface area contributed by atoms with Crippen molar-refractivity contribution in [2.75, 3.05) is 0 Å². The van der Waals surface area contributed by atoms with E-state index in [1.165, 1.54) is 39.8 Å². The van der Waals surface area contributed by atoms with Crippen LogP contribution in [0.5, 0.6) is 0 Å². The minimum Gasteiger partial charge on any atom is -0.103 e. The highest BCUT2D eigenvalue weighted by molar-refractivity contribution is 6.31. The fourth-order valence-corrected chi connectivity index (χ4v) is 4.12. The highest BCUT2D eigenvalue weighted by Gasteiger charge is 2.05. The molecule has 0 radical (unpaired) electrons. The van der Waals surface area contributed by atoms with E-state index in [0.717, 1.165) is 50.0 Å². The molecule has 0 fully saturated rings. The Morgan fingerprint density at radius 2 is 1.06 bits per heavy atom. The predicted octanol–water partition coefficient (Wildman–Crippen LogP) is 8.81. The van der Waals surface area contributed by atoms with Gasteiger partial charge in [0.1, 0.15) is 0 Å². The number of allylic oxidation sites excluding steroid dienone is 2. The number of benzene rings is 3. The zero-order valence-electron chi connectivity index (χ0n) is 18.5. The lowest BCUT2D eigenvalue weighted by Crippen LogP contribution is -1.92. The Hall–Kier alpha value is -2.57. The Kier molecular flexibility index (Phi) is 9.18. The Morgan fingerprint density at radius 1 is 0.581 bits per heavy atom. The minimum absolute atomic E-state index is 0.875. The summed E-state index contributed by atoms with van der Waals surface area (Å²) in [5.41, 5.74) is 7.79. The monoisotopic (exact) mass is 428 g/mol. The highest BCUT2D eigenvalue weighted by Crippen LogP contribution is 2.27. The van der Waals surface area contributed by atoms with Crippen LogP contribution in [0, 0.1) is 0 Å². The Bertz CT molecular complexity index is 964. The number of hydrogen-bond acceptors (Lipinski definition) is 0. The van der Waals surface area contributed by atoms with Crippen LogP contribution >= 0.6 is 11.6 Å².